The summed E-state index contributed by atoms with van der Waals surface area (Å²) in [4.78, 5) is 10.4. The van der Waals surface area contributed by atoms with E-state index in [9.17, 15) is 4.79 Å². The minimum atomic E-state index is -0.736. The Bertz CT molecular complexity index is 387. The molecular weight excluding hydrogens is 232 g/mol. The number of aliphatic carboxylic acids is 1. The Hall–Kier alpha value is -1.71. The Balaban J connectivity index is 2.55. The number of hydrogen-bond acceptors (Lipinski definition) is 3. The van der Waals surface area contributed by atoms with Crippen LogP contribution in [0, 0.1) is 0 Å². The van der Waals surface area contributed by atoms with Crippen LogP contribution in [-0.4, -0.2) is 24.8 Å². The second-order valence-corrected chi connectivity index (χ2v) is 4.02. The molecule has 4 nitrogen and oxygen atoms in total. The van der Waals surface area contributed by atoms with E-state index in [1.807, 2.05) is 25.1 Å². The molecule has 1 aromatic carbocycles. The Morgan fingerprint density at radius 3 is 2.67 bits per heavy atom. The number of methoxy groups -OCH3 is 1. The molecule has 18 heavy (non-hydrogen) atoms. The van der Waals surface area contributed by atoms with Crippen LogP contribution in [0.2, 0.25) is 0 Å². The molecule has 0 fully saturated rings. The van der Waals surface area contributed by atoms with Gasteiger partial charge in [-0.05, 0) is 43.9 Å². The molecule has 0 bridgehead atoms. The molecule has 1 N–H and O–H groups in total. The smallest absolute Gasteiger partial charge is 0.303 e. The van der Waals surface area contributed by atoms with Crippen molar-refractivity contribution in [3.8, 4) is 11.5 Å². The third-order valence-electron chi connectivity index (χ3n) is 2.63. The lowest BCUT2D eigenvalue weighted by Crippen LogP contribution is -1.98. The summed E-state index contributed by atoms with van der Waals surface area (Å²) < 4.78 is 10.7. The van der Waals surface area contributed by atoms with Crippen molar-refractivity contribution in [2.24, 2.45) is 0 Å². The second-order valence-electron chi connectivity index (χ2n) is 4.02. The Morgan fingerprint density at radius 1 is 1.28 bits per heavy atom. The van der Waals surface area contributed by atoms with Gasteiger partial charge in [0.15, 0.2) is 11.5 Å². The summed E-state index contributed by atoms with van der Waals surface area (Å²) in [6.07, 6.45) is 2.65. The van der Waals surface area contributed by atoms with Crippen LogP contribution < -0.4 is 9.47 Å². The van der Waals surface area contributed by atoms with Gasteiger partial charge in [-0.1, -0.05) is 6.07 Å². The fraction of sp³-hybridized carbons (Fsp3) is 0.500. The molecular formula is C14H20O4. The quantitative estimate of drug-likeness (QED) is 0.723. The number of unbranched alkanes of at least 4 members (excludes halogenated alkanes) is 1. The van der Waals surface area contributed by atoms with Crippen LogP contribution in [-0.2, 0) is 11.2 Å². The van der Waals surface area contributed by atoms with Crippen LogP contribution >= 0.6 is 0 Å². The van der Waals surface area contributed by atoms with Gasteiger partial charge in [-0.3, -0.25) is 4.79 Å². The highest BCUT2D eigenvalue weighted by Gasteiger charge is 2.05. The predicted molar refractivity (Wildman–Crippen MR) is 69.4 cm³/mol. The molecule has 1 rings (SSSR count). The van der Waals surface area contributed by atoms with Crippen molar-refractivity contribution in [1.82, 2.24) is 0 Å². The maximum atomic E-state index is 10.4. The third kappa shape index (κ3) is 4.65. The predicted octanol–water partition coefficient (Wildman–Crippen LogP) is 2.89. The van der Waals surface area contributed by atoms with E-state index in [1.54, 1.807) is 7.11 Å². The summed E-state index contributed by atoms with van der Waals surface area (Å²) in [6, 6.07) is 5.84. The number of hydrogen-bond donors (Lipinski definition) is 1. The molecule has 0 aliphatic carbocycles. The first kappa shape index (κ1) is 14.4. The Labute approximate surface area is 108 Å². The van der Waals surface area contributed by atoms with Crippen LogP contribution in [0.5, 0.6) is 11.5 Å². The molecule has 0 aliphatic rings. The summed E-state index contributed by atoms with van der Waals surface area (Å²) in [5.41, 5.74) is 1.14. The molecule has 0 atom stereocenters. The highest BCUT2D eigenvalue weighted by Crippen LogP contribution is 2.28. The van der Waals surface area contributed by atoms with E-state index in [4.69, 9.17) is 14.6 Å². The molecule has 0 amide bonds. The summed E-state index contributed by atoms with van der Waals surface area (Å²) in [6.45, 7) is 2.53. The number of benzene rings is 1. The standard InChI is InChI=1S/C14H20O4/c1-3-18-13-10-11(8-9-12(13)17-2)6-4-5-7-14(15)16/h8-10H,3-7H2,1-2H3,(H,15,16). The van der Waals surface area contributed by atoms with E-state index in [1.165, 1.54) is 0 Å². The highest BCUT2D eigenvalue weighted by molar-refractivity contribution is 5.66. The van der Waals surface area contributed by atoms with Gasteiger partial charge in [0, 0.05) is 6.42 Å². The van der Waals surface area contributed by atoms with Gasteiger partial charge in [-0.15, -0.1) is 0 Å². The van der Waals surface area contributed by atoms with Gasteiger partial charge in [-0.25, -0.2) is 0 Å². The van der Waals surface area contributed by atoms with Crippen molar-refractivity contribution in [3.63, 3.8) is 0 Å². The fourth-order valence-corrected chi connectivity index (χ4v) is 1.75. The summed E-state index contributed by atoms with van der Waals surface area (Å²) >= 11 is 0. The van der Waals surface area contributed by atoms with Crippen molar-refractivity contribution in [1.29, 1.82) is 0 Å². The fourth-order valence-electron chi connectivity index (χ4n) is 1.75. The summed E-state index contributed by atoms with van der Waals surface area (Å²) in [5, 5.41) is 8.56. The van der Waals surface area contributed by atoms with Gasteiger partial charge in [0.05, 0.1) is 13.7 Å². The molecule has 100 valence electrons. The van der Waals surface area contributed by atoms with Crippen LogP contribution in [0.15, 0.2) is 18.2 Å². The maximum absolute atomic E-state index is 10.4. The van der Waals surface area contributed by atoms with Gasteiger partial charge in [0.25, 0.3) is 0 Å². The molecule has 4 heteroatoms. The zero-order valence-corrected chi connectivity index (χ0v) is 10.9. The molecule has 0 heterocycles. The number of aryl methyl sites for hydroxylation is 1. The maximum Gasteiger partial charge on any atom is 0.303 e. The van der Waals surface area contributed by atoms with Crippen LogP contribution in [0.25, 0.3) is 0 Å². The van der Waals surface area contributed by atoms with E-state index in [-0.39, 0.29) is 6.42 Å². The number of rotatable bonds is 8. The summed E-state index contributed by atoms with van der Waals surface area (Å²) in [5.74, 6) is 0.738. The molecule has 0 aliphatic heterocycles. The second kappa shape index (κ2) is 7.58. The average molecular weight is 252 g/mol. The van der Waals surface area contributed by atoms with Gasteiger partial charge >= 0.3 is 5.97 Å². The topological polar surface area (TPSA) is 55.8 Å². The first-order valence-electron chi connectivity index (χ1n) is 6.19. The minimum absolute atomic E-state index is 0.231. The van der Waals surface area contributed by atoms with Crippen LogP contribution in [0.4, 0.5) is 0 Å². The molecule has 0 unspecified atom stereocenters. The molecule has 0 aromatic heterocycles. The zero-order valence-electron chi connectivity index (χ0n) is 10.9. The van der Waals surface area contributed by atoms with Crippen molar-refractivity contribution in [2.45, 2.75) is 32.6 Å². The van der Waals surface area contributed by atoms with E-state index in [2.05, 4.69) is 0 Å². The Morgan fingerprint density at radius 2 is 2.06 bits per heavy atom. The molecule has 0 saturated carbocycles. The number of ether oxygens (including phenoxy) is 2. The minimum Gasteiger partial charge on any atom is -0.493 e. The zero-order chi connectivity index (χ0) is 13.4. The van der Waals surface area contributed by atoms with Crippen molar-refractivity contribution < 1.29 is 19.4 Å². The summed E-state index contributed by atoms with van der Waals surface area (Å²) in [7, 11) is 1.62. The lowest BCUT2D eigenvalue weighted by molar-refractivity contribution is -0.137. The molecule has 0 spiro atoms. The lowest BCUT2D eigenvalue weighted by Gasteiger charge is -2.10. The van der Waals surface area contributed by atoms with E-state index >= 15 is 0 Å². The van der Waals surface area contributed by atoms with Crippen molar-refractivity contribution in [3.05, 3.63) is 23.8 Å². The largest absolute Gasteiger partial charge is 0.493 e. The van der Waals surface area contributed by atoms with Crippen LogP contribution in [0.1, 0.15) is 31.7 Å². The lowest BCUT2D eigenvalue weighted by atomic mass is 10.1. The first-order valence-corrected chi connectivity index (χ1v) is 6.19. The third-order valence-corrected chi connectivity index (χ3v) is 2.63. The average Bonchev–Trinajstić information content (AvgIpc) is 2.35. The van der Waals surface area contributed by atoms with Gasteiger partial charge in [0.2, 0.25) is 0 Å². The van der Waals surface area contributed by atoms with E-state index in [0.29, 0.717) is 13.0 Å². The first-order chi connectivity index (χ1) is 8.67. The molecule has 1 aromatic rings. The van der Waals surface area contributed by atoms with E-state index < -0.39 is 5.97 Å². The normalized spacial score (nSPS) is 10.1. The monoisotopic (exact) mass is 252 g/mol. The van der Waals surface area contributed by atoms with Gasteiger partial charge in [-0.2, -0.15) is 0 Å². The number of carboxylic acids is 1. The number of carboxylic acid groups (broad SMARTS) is 1. The van der Waals surface area contributed by atoms with Crippen LogP contribution in [0.3, 0.4) is 0 Å². The number of carbonyl (C=O) groups is 1. The highest BCUT2D eigenvalue weighted by atomic mass is 16.5. The molecule has 0 radical (unpaired) electrons. The van der Waals surface area contributed by atoms with E-state index in [0.717, 1.165) is 29.9 Å². The van der Waals surface area contributed by atoms with Crippen molar-refractivity contribution >= 4 is 5.97 Å². The van der Waals surface area contributed by atoms with Gasteiger partial charge in [0.1, 0.15) is 0 Å². The SMILES string of the molecule is CCOc1cc(CCCCC(=O)O)ccc1OC. The van der Waals surface area contributed by atoms with Gasteiger partial charge < -0.3 is 14.6 Å². The Kier molecular flexibility index (Phi) is 6.05. The molecule has 0 saturated heterocycles. The van der Waals surface area contributed by atoms with Crippen molar-refractivity contribution in [2.75, 3.05) is 13.7 Å².